The number of rotatable bonds is 4. The van der Waals surface area contributed by atoms with Crippen molar-refractivity contribution >= 4 is 44.7 Å². The van der Waals surface area contributed by atoms with Crippen LogP contribution < -0.4 is 5.32 Å². The largest absolute Gasteiger partial charge is 0.350 e. The quantitative estimate of drug-likeness (QED) is 0.707. The second kappa shape index (κ2) is 6.55. The summed E-state index contributed by atoms with van der Waals surface area (Å²) < 4.78 is 14.9. The van der Waals surface area contributed by atoms with E-state index in [-0.39, 0.29) is 11.6 Å². The molecule has 0 fully saturated rings. The van der Waals surface area contributed by atoms with E-state index in [1.54, 1.807) is 11.3 Å². The minimum absolute atomic E-state index is 0.0671. The summed E-state index contributed by atoms with van der Waals surface area (Å²) in [7, 11) is 3.88. The van der Waals surface area contributed by atoms with Gasteiger partial charge in [0.25, 0.3) is 5.91 Å². The van der Waals surface area contributed by atoms with Gasteiger partial charge in [-0.15, -0.1) is 11.3 Å². The Morgan fingerprint density at radius 1 is 1.38 bits per heavy atom. The van der Waals surface area contributed by atoms with Crippen LogP contribution in [0.2, 0.25) is 5.02 Å². The van der Waals surface area contributed by atoms with Gasteiger partial charge in [-0.3, -0.25) is 4.79 Å². The van der Waals surface area contributed by atoms with E-state index in [2.05, 4.69) is 10.3 Å². The molecule has 2 heterocycles. The predicted octanol–water partition coefficient (Wildman–Crippen LogP) is 4.64. The highest BCUT2D eigenvalue weighted by Crippen LogP contribution is 2.32. The maximum atomic E-state index is 13.9. The van der Waals surface area contributed by atoms with Crippen LogP contribution in [0, 0.1) is 12.7 Å². The van der Waals surface area contributed by atoms with Crippen LogP contribution in [0.4, 0.5) is 10.1 Å². The SMILES string of the molecule is Cc1cc2[nH]c(C(=O)Nc3cc(Cl)ccc3F)c(CN(C)C)c2s1. The van der Waals surface area contributed by atoms with Crippen LogP contribution in [0.15, 0.2) is 24.3 Å². The molecule has 7 heteroatoms. The molecule has 0 unspecified atom stereocenters. The first kappa shape index (κ1) is 17.0. The van der Waals surface area contributed by atoms with E-state index < -0.39 is 5.82 Å². The highest BCUT2D eigenvalue weighted by Gasteiger charge is 2.21. The molecule has 0 bridgehead atoms. The van der Waals surface area contributed by atoms with Crippen LogP contribution in [-0.4, -0.2) is 29.9 Å². The zero-order valence-corrected chi connectivity index (χ0v) is 15.1. The van der Waals surface area contributed by atoms with E-state index in [1.807, 2.05) is 32.0 Å². The average molecular weight is 366 g/mol. The van der Waals surface area contributed by atoms with Crippen molar-refractivity contribution in [3.63, 3.8) is 0 Å². The van der Waals surface area contributed by atoms with Crippen molar-refractivity contribution in [3.8, 4) is 0 Å². The zero-order chi connectivity index (χ0) is 17.4. The molecule has 24 heavy (non-hydrogen) atoms. The number of aromatic nitrogens is 1. The van der Waals surface area contributed by atoms with E-state index in [4.69, 9.17) is 11.6 Å². The highest BCUT2D eigenvalue weighted by atomic mass is 35.5. The van der Waals surface area contributed by atoms with E-state index in [0.717, 1.165) is 15.8 Å². The van der Waals surface area contributed by atoms with Crippen LogP contribution in [0.1, 0.15) is 20.9 Å². The fraction of sp³-hybridized carbons (Fsp3) is 0.235. The van der Waals surface area contributed by atoms with Gasteiger partial charge < -0.3 is 15.2 Å². The molecule has 0 atom stereocenters. The summed E-state index contributed by atoms with van der Waals surface area (Å²) in [5, 5.41) is 2.97. The van der Waals surface area contributed by atoms with Crippen LogP contribution in [0.5, 0.6) is 0 Å². The van der Waals surface area contributed by atoms with Gasteiger partial charge in [0.1, 0.15) is 11.5 Å². The Kier molecular flexibility index (Phi) is 4.62. The van der Waals surface area contributed by atoms with Crippen molar-refractivity contribution in [2.24, 2.45) is 0 Å². The van der Waals surface area contributed by atoms with E-state index in [0.29, 0.717) is 17.3 Å². The number of anilines is 1. The van der Waals surface area contributed by atoms with E-state index in [9.17, 15) is 9.18 Å². The van der Waals surface area contributed by atoms with Crippen molar-refractivity contribution in [2.45, 2.75) is 13.5 Å². The van der Waals surface area contributed by atoms with E-state index >= 15 is 0 Å². The molecule has 3 aromatic rings. The van der Waals surface area contributed by atoms with Crippen LogP contribution >= 0.6 is 22.9 Å². The van der Waals surface area contributed by atoms with Gasteiger partial charge in [0, 0.05) is 22.0 Å². The monoisotopic (exact) mass is 365 g/mol. The first-order valence-electron chi connectivity index (χ1n) is 7.37. The summed E-state index contributed by atoms with van der Waals surface area (Å²) in [6, 6.07) is 6.08. The minimum Gasteiger partial charge on any atom is -0.350 e. The predicted molar refractivity (Wildman–Crippen MR) is 97.7 cm³/mol. The lowest BCUT2D eigenvalue weighted by molar-refractivity contribution is 0.102. The number of nitrogens with one attached hydrogen (secondary N) is 2. The number of benzene rings is 1. The van der Waals surface area contributed by atoms with Gasteiger partial charge in [-0.1, -0.05) is 11.6 Å². The lowest BCUT2D eigenvalue weighted by Gasteiger charge is -2.11. The molecule has 1 aromatic carbocycles. The number of carbonyl (C=O) groups excluding carboxylic acids is 1. The molecule has 0 aliphatic carbocycles. The molecule has 0 aliphatic rings. The molecule has 0 radical (unpaired) electrons. The van der Waals surface area contributed by atoms with Crippen LogP contribution in [0.25, 0.3) is 10.2 Å². The number of thiophene rings is 1. The van der Waals surface area contributed by atoms with Crippen molar-refractivity contribution in [2.75, 3.05) is 19.4 Å². The third-order valence-electron chi connectivity index (χ3n) is 3.57. The van der Waals surface area contributed by atoms with Crippen LogP contribution in [-0.2, 0) is 6.54 Å². The molecule has 2 aromatic heterocycles. The van der Waals surface area contributed by atoms with Gasteiger partial charge in [-0.2, -0.15) is 0 Å². The number of aromatic amines is 1. The molecule has 126 valence electrons. The average Bonchev–Trinajstić information content (AvgIpc) is 3.00. The number of nitrogens with zero attached hydrogens (tertiary/aromatic N) is 1. The van der Waals surface area contributed by atoms with Gasteiger partial charge in [0.05, 0.1) is 15.9 Å². The lowest BCUT2D eigenvalue weighted by Crippen LogP contribution is -2.18. The van der Waals surface area contributed by atoms with Gasteiger partial charge in [0.15, 0.2) is 0 Å². The lowest BCUT2D eigenvalue weighted by atomic mass is 10.2. The summed E-state index contributed by atoms with van der Waals surface area (Å²) in [6.07, 6.45) is 0. The number of amides is 1. The maximum absolute atomic E-state index is 13.9. The number of H-pyrrole nitrogens is 1. The number of hydrogen-bond acceptors (Lipinski definition) is 3. The Balaban J connectivity index is 1.99. The Bertz CT molecular complexity index is 916. The molecule has 0 saturated heterocycles. The number of fused-ring (bicyclic) bond motifs is 1. The zero-order valence-electron chi connectivity index (χ0n) is 13.5. The smallest absolute Gasteiger partial charge is 0.272 e. The number of halogens is 2. The molecule has 0 saturated carbocycles. The Morgan fingerprint density at radius 3 is 2.83 bits per heavy atom. The molecule has 3 rings (SSSR count). The summed E-state index contributed by atoms with van der Waals surface area (Å²) >= 11 is 7.52. The second-order valence-electron chi connectivity index (χ2n) is 5.89. The Hall–Kier alpha value is -1.89. The molecular weight excluding hydrogens is 349 g/mol. The van der Waals surface area contributed by atoms with Crippen molar-refractivity contribution in [1.29, 1.82) is 0 Å². The first-order chi connectivity index (χ1) is 11.3. The number of aryl methyl sites for hydroxylation is 1. The van der Waals surface area contributed by atoms with Gasteiger partial charge in [-0.05, 0) is 45.3 Å². The van der Waals surface area contributed by atoms with Crippen molar-refractivity contribution in [1.82, 2.24) is 9.88 Å². The molecule has 0 aliphatic heterocycles. The topological polar surface area (TPSA) is 48.1 Å². The summed E-state index contributed by atoms with van der Waals surface area (Å²) in [5.41, 5.74) is 2.35. The van der Waals surface area contributed by atoms with Gasteiger partial charge >= 0.3 is 0 Å². The van der Waals surface area contributed by atoms with Gasteiger partial charge in [-0.25, -0.2) is 4.39 Å². The van der Waals surface area contributed by atoms with Gasteiger partial charge in [0.2, 0.25) is 0 Å². The number of hydrogen-bond donors (Lipinski definition) is 2. The molecule has 0 spiro atoms. The third kappa shape index (κ3) is 3.31. The third-order valence-corrected chi connectivity index (χ3v) is 4.91. The summed E-state index contributed by atoms with van der Waals surface area (Å²) in [5.74, 6) is -0.903. The number of carbonyl (C=O) groups is 1. The Labute approximate surface area is 148 Å². The first-order valence-corrected chi connectivity index (χ1v) is 8.56. The molecule has 2 N–H and O–H groups in total. The normalized spacial score (nSPS) is 11.4. The summed E-state index contributed by atoms with van der Waals surface area (Å²) in [4.78, 5) is 19.0. The fourth-order valence-electron chi connectivity index (χ4n) is 2.59. The Morgan fingerprint density at radius 2 is 2.12 bits per heavy atom. The standard InChI is InChI=1S/C17H17ClFN3OS/c1-9-6-14-16(24-9)11(8-22(2)3)15(20-14)17(23)21-13-7-10(18)4-5-12(13)19/h4-7,20H,8H2,1-3H3,(H,21,23). The van der Waals surface area contributed by atoms with E-state index in [1.165, 1.54) is 23.1 Å². The molecule has 1 amide bonds. The second-order valence-corrected chi connectivity index (χ2v) is 7.59. The fourth-order valence-corrected chi connectivity index (χ4v) is 3.77. The van der Waals surface area contributed by atoms with Crippen molar-refractivity contribution < 1.29 is 9.18 Å². The summed E-state index contributed by atoms with van der Waals surface area (Å²) in [6.45, 7) is 2.64. The minimum atomic E-state index is -0.522. The van der Waals surface area contributed by atoms with Crippen molar-refractivity contribution in [3.05, 3.63) is 51.2 Å². The highest BCUT2D eigenvalue weighted by molar-refractivity contribution is 7.19. The molecular formula is C17H17ClFN3OS. The van der Waals surface area contributed by atoms with Crippen LogP contribution in [0.3, 0.4) is 0 Å². The molecule has 4 nitrogen and oxygen atoms in total. The maximum Gasteiger partial charge on any atom is 0.272 e.